The summed E-state index contributed by atoms with van der Waals surface area (Å²) in [6.45, 7) is 0. The van der Waals surface area contributed by atoms with Crippen LogP contribution in [-0.2, 0) is 14.3 Å². The lowest BCUT2D eigenvalue weighted by atomic mass is 9.93. The third kappa shape index (κ3) is 3.74. The number of ether oxygens (including phenoxy) is 2. The van der Waals surface area contributed by atoms with E-state index in [2.05, 4.69) is 9.84 Å². The molecule has 0 N–H and O–H groups in total. The molecule has 0 saturated carbocycles. The van der Waals surface area contributed by atoms with Crippen LogP contribution in [0.3, 0.4) is 0 Å². The molecule has 4 rings (SSSR count). The van der Waals surface area contributed by atoms with Gasteiger partial charge in [-0.1, -0.05) is 24.3 Å². The van der Waals surface area contributed by atoms with Crippen molar-refractivity contribution < 1.29 is 27.4 Å². The molecule has 2 aliphatic carbocycles. The molecule has 4 atom stereocenters. The Morgan fingerprint density at radius 2 is 2.25 bits per heavy atom. The number of halogens is 3. The number of hydrazone groups is 1. The fraction of sp³-hybridized carbons (Fsp3) is 0.600. The molecule has 1 saturated heterocycles. The summed E-state index contributed by atoms with van der Waals surface area (Å²) in [5.74, 6) is -0.242. The van der Waals surface area contributed by atoms with E-state index in [1.165, 1.54) is 13.2 Å². The van der Waals surface area contributed by atoms with Gasteiger partial charge >= 0.3 is 12.1 Å². The number of alkyl halides is 3. The van der Waals surface area contributed by atoms with Gasteiger partial charge in [-0.15, -0.1) is 0 Å². The Labute approximate surface area is 161 Å². The minimum absolute atomic E-state index is 0.00172. The summed E-state index contributed by atoms with van der Waals surface area (Å²) in [6.07, 6.45) is 5.74. The number of allylic oxidation sites excluding steroid dienone is 3. The molecule has 2 aliphatic heterocycles. The molecule has 0 aromatic carbocycles. The van der Waals surface area contributed by atoms with Crippen LogP contribution in [0.2, 0.25) is 0 Å². The molecule has 0 aromatic heterocycles. The smallest absolute Gasteiger partial charge is 0.412 e. The Kier molecular flexibility index (Phi) is 5.07. The van der Waals surface area contributed by atoms with Crippen LogP contribution >= 0.6 is 0 Å². The van der Waals surface area contributed by atoms with E-state index in [1.807, 2.05) is 18.2 Å². The van der Waals surface area contributed by atoms with Crippen molar-refractivity contribution in [2.24, 2.45) is 5.10 Å². The summed E-state index contributed by atoms with van der Waals surface area (Å²) >= 11 is 0. The van der Waals surface area contributed by atoms with Crippen LogP contribution in [0.1, 0.15) is 38.5 Å². The number of rotatable bonds is 6. The Morgan fingerprint density at radius 1 is 1.43 bits per heavy atom. The number of epoxide rings is 1. The summed E-state index contributed by atoms with van der Waals surface area (Å²) in [6, 6.07) is -0.487. The Morgan fingerprint density at radius 3 is 3.00 bits per heavy atom. The monoisotopic (exact) mass is 396 g/mol. The molecule has 1 fully saturated rings. The molecule has 0 bridgehead atoms. The lowest BCUT2D eigenvalue weighted by molar-refractivity contribution is -0.140. The lowest BCUT2D eigenvalue weighted by Gasteiger charge is -2.32. The molecule has 5 nitrogen and oxygen atoms in total. The molecule has 0 spiro atoms. The highest BCUT2D eigenvalue weighted by Gasteiger charge is 2.49. The minimum atomic E-state index is -4.28. The van der Waals surface area contributed by atoms with Gasteiger partial charge in [0.1, 0.15) is 6.10 Å². The molecule has 0 amide bonds. The summed E-state index contributed by atoms with van der Waals surface area (Å²) in [4.78, 5) is 11.2. The predicted octanol–water partition coefficient (Wildman–Crippen LogP) is 3.67. The number of carbonyl (C=O) groups is 1. The lowest BCUT2D eigenvalue weighted by Crippen LogP contribution is -2.36. The van der Waals surface area contributed by atoms with E-state index in [0.717, 1.165) is 17.7 Å². The summed E-state index contributed by atoms with van der Waals surface area (Å²) < 4.78 is 49.8. The number of esters is 1. The third-order valence-electron chi connectivity index (χ3n) is 5.68. The van der Waals surface area contributed by atoms with Gasteiger partial charge in [-0.25, -0.2) is 0 Å². The SMILES string of the molecule is COC(=O)CCCC1OC1C1=NN(C2C=C(C(F)(F)F)CCC2)C2C=CC=C12. The normalized spacial score (nSPS) is 31.3. The van der Waals surface area contributed by atoms with Gasteiger partial charge in [0.05, 0.1) is 31.0 Å². The van der Waals surface area contributed by atoms with Gasteiger partial charge < -0.3 is 9.47 Å². The zero-order valence-electron chi connectivity index (χ0n) is 15.6. The predicted molar refractivity (Wildman–Crippen MR) is 96.6 cm³/mol. The first-order valence-electron chi connectivity index (χ1n) is 9.64. The van der Waals surface area contributed by atoms with Crippen molar-refractivity contribution in [1.82, 2.24) is 5.01 Å². The standard InChI is InChI=1S/C20H23F3N2O3/c1-27-17(26)10-4-9-16-19(28-16)18-14-7-3-8-15(14)25(24-18)13-6-2-5-12(11-13)20(21,22)23/h3,7-8,11,13,15-16,19H,2,4-6,9-10H2,1H3. The average Bonchev–Trinajstić information content (AvgIpc) is 3.10. The van der Waals surface area contributed by atoms with Crippen molar-refractivity contribution in [3.8, 4) is 0 Å². The second kappa shape index (κ2) is 7.39. The van der Waals surface area contributed by atoms with Crippen molar-refractivity contribution >= 4 is 11.7 Å². The maximum absolute atomic E-state index is 13.1. The highest BCUT2D eigenvalue weighted by atomic mass is 19.4. The van der Waals surface area contributed by atoms with E-state index >= 15 is 0 Å². The van der Waals surface area contributed by atoms with Crippen molar-refractivity contribution in [2.75, 3.05) is 7.11 Å². The molecule has 4 unspecified atom stereocenters. The topological polar surface area (TPSA) is 54.4 Å². The van der Waals surface area contributed by atoms with E-state index in [0.29, 0.717) is 25.7 Å². The van der Waals surface area contributed by atoms with Crippen LogP contribution in [0.5, 0.6) is 0 Å². The maximum Gasteiger partial charge on any atom is 0.412 e. The highest BCUT2D eigenvalue weighted by molar-refractivity contribution is 6.08. The summed E-state index contributed by atoms with van der Waals surface area (Å²) in [5, 5.41) is 6.48. The van der Waals surface area contributed by atoms with Gasteiger partial charge in [0, 0.05) is 17.6 Å². The first-order chi connectivity index (χ1) is 13.4. The summed E-state index contributed by atoms with van der Waals surface area (Å²) in [5.41, 5.74) is 1.36. The zero-order chi connectivity index (χ0) is 19.9. The van der Waals surface area contributed by atoms with Crippen molar-refractivity contribution in [2.45, 2.75) is 69.0 Å². The van der Waals surface area contributed by atoms with Gasteiger partial charge in [0.2, 0.25) is 0 Å². The second-order valence-electron chi connectivity index (χ2n) is 7.53. The number of hydrogen-bond acceptors (Lipinski definition) is 5. The van der Waals surface area contributed by atoms with Gasteiger partial charge in [0.25, 0.3) is 0 Å². The summed E-state index contributed by atoms with van der Waals surface area (Å²) in [7, 11) is 1.37. The molecule has 0 aromatic rings. The number of carbonyl (C=O) groups excluding carboxylic acids is 1. The van der Waals surface area contributed by atoms with E-state index in [-0.39, 0.29) is 36.7 Å². The average molecular weight is 396 g/mol. The van der Waals surface area contributed by atoms with Crippen molar-refractivity contribution in [3.63, 3.8) is 0 Å². The Bertz CT molecular complexity index is 769. The number of fused-ring (bicyclic) bond motifs is 1. The highest BCUT2D eigenvalue weighted by Crippen LogP contribution is 2.41. The van der Waals surface area contributed by atoms with Gasteiger partial charge in [-0.2, -0.15) is 18.3 Å². The molecule has 4 aliphatic rings. The molecule has 28 heavy (non-hydrogen) atoms. The molecule has 8 heteroatoms. The van der Waals surface area contributed by atoms with Gasteiger partial charge in [0.15, 0.2) is 0 Å². The molecule has 0 radical (unpaired) electrons. The number of nitrogens with zero attached hydrogens (tertiary/aromatic N) is 2. The minimum Gasteiger partial charge on any atom is -0.469 e. The largest absolute Gasteiger partial charge is 0.469 e. The molecule has 2 heterocycles. The Hall–Kier alpha value is -2.09. The van der Waals surface area contributed by atoms with Gasteiger partial charge in [-0.05, 0) is 32.1 Å². The third-order valence-corrected chi connectivity index (χ3v) is 5.68. The van der Waals surface area contributed by atoms with E-state index < -0.39 is 11.7 Å². The van der Waals surface area contributed by atoms with Crippen molar-refractivity contribution in [1.29, 1.82) is 0 Å². The van der Waals surface area contributed by atoms with Crippen LogP contribution in [0.4, 0.5) is 13.2 Å². The molecular weight excluding hydrogens is 373 g/mol. The fourth-order valence-corrected chi connectivity index (χ4v) is 4.18. The van der Waals surface area contributed by atoms with E-state index in [1.54, 1.807) is 5.01 Å². The van der Waals surface area contributed by atoms with Crippen molar-refractivity contribution in [3.05, 3.63) is 35.5 Å². The van der Waals surface area contributed by atoms with Crippen LogP contribution in [-0.4, -0.2) is 54.3 Å². The van der Waals surface area contributed by atoms with Crippen LogP contribution in [0.25, 0.3) is 0 Å². The van der Waals surface area contributed by atoms with Gasteiger partial charge in [-0.3, -0.25) is 9.80 Å². The molecular formula is C20H23F3N2O3. The van der Waals surface area contributed by atoms with E-state index in [4.69, 9.17) is 4.74 Å². The van der Waals surface area contributed by atoms with Crippen LogP contribution in [0, 0.1) is 0 Å². The van der Waals surface area contributed by atoms with Crippen LogP contribution in [0.15, 0.2) is 40.6 Å². The van der Waals surface area contributed by atoms with Crippen LogP contribution < -0.4 is 0 Å². The fourth-order valence-electron chi connectivity index (χ4n) is 4.18. The first kappa shape index (κ1) is 19.2. The van der Waals surface area contributed by atoms with E-state index in [9.17, 15) is 18.0 Å². The first-order valence-corrected chi connectivity index (χ1v) is 9.64. The zero-order valence-corrected chi connectivity index (χ0v) is 15.6. The second-order valence-corrected chi connectivity index (χ2v) is 7.53. The molecule has 152 valence electrons. The maximum atomic E-state index is 13.1. The quantitative estimate of drug-likeness (QED) is 0.391. The number of methoxy groups -OCH3 is 1. The number of hydrogen-bond donors (Lipinski definition) is 0. The Balaban J connectivity index is 1.44.